The van der Waals surface area contributed by atoms with Gasteiger partial charge in [0.05, 0.1) is 12.1 Å². The number of benzene rings is 2. The summed E-state index contributed by atoms with van der Waals surface area (Å²) in [5, 5.41) is 13.6. The van der Waals surface area contributed by atoms with Gasteiger partial charge in [0.25, 0.3) is 0 Å². The standard InChI is InChI=1S/C18H18N2O/c21-13-15-8-6-14(7-9-15)11-19-12-17-4-1-3-16-5-2-10-20-18(16)17/h1-10,19,21H,11-13H2. The van der Waals surface area contributed by atoms with E-state index in [1.165, 1.54) is 16.5 Å². The van der Waals surface area contributed by atoms with Crippen molar-refractivity contribution in [1.29, 1.82) is 0 Å². The number of nitrogens with zero attached hydrogens (tertiary/aromatic N) is 1. The quantitative estimate of drug-likeness (QED) is 0.754. The maximum Gasteiger partial charge on any atom is 0.0746 e. The number of rotatable bonds is 5. The molecule has 0 aliphatic carbocycles. The molecule has 2 aromatic carbocycles. The minimum Gasteiger partial charge on any atom is -0.392 e. The minimum atomic E-state index is 0.0926. The zero-order chi connectivity index (χ0) is 14.5. The molecule has 0 saturated carbocycles. The highest BCUT2D eigenvalue weighted by atomic mass is 16.3. The minimum absolute atomic E-state index is 0.0926. The van der Waals surface area contributed by atoms with E-state index in [0.29, 0.717) is 0 Å². The highest BCUT2D eigenvalue weighted by Gasteiger charge is 2.01. The Kier molecular flexibility index (Phi) is 4.24. The van der Waals surface area contributed by atoms with Crippen molar-refractivity contribution in [3.63, 3.8) is 0 Å². The van der Waals surface area contributed by atoms with Gasteiger partial charge in [-0.2, -0.15) is 0 Å². The van der Waals surface area contributed by atoms with Gasteiger partial charge in [0.2, 0.25) is 0 Å². The molecule has 21 heavy (non-hydrogen) atoms. The van der Waals surface area contributed by atoms with Crippen LogP contribution in [0.1, 0.15) is 16.7 Å². The van der Waals surface area contributed by atoms with Gasteiger partial charge in [-0.3, -0.25) is 4.98 Å². The summed E-state index contributed by atoms with van der Waals surface area (Å²) in [6.45, 7) is 1.68. The second-order valence-corrected chi connectivity index (χ2v) is 5.07. The predicted octanol–water partition coefficient (Wildman–Crippen LogP) is 3.02. The van der Waals surface area contributed by atoms with E-state index in [1.54, 1.807) is 0 Å². The summed E-state index contributed by atoms with van der Waals surface area (Å²) < 4.78 is 0. The molecule has 2 N–H and O–H groups in total. The lowest BCUT2D eigenvalue weighted by Crippen LogP contribution is -2.13. The smallest absolute Gasteiger partial charge is 0.0746 e. The summed E-state index contributed by atoms with van der Waals surface area (Å²) in [6.07, 6.45) is 1.83. The first-order chi connectivity index (χ1) is 10.4. The molecule has 0 saturated heterocycles. The lowest BCUT2D eigenvalue weighted by Gasteiger charge is -2.08. The van der Waals surface area contributed by atoms with Gasteiger partial charge in [0, 0.05) is 24.7 Å². The molecule has 0 aliphatic rings. The van der Waals surface area contributed by atoms with E-state index in [-0.39, 0.29) is 6.61 Å². The van der Waals surface area contributed by atoms with E-state index in [2.05, 4.69) is 34.6 Å². The van der Waals surface area contributed by atoms with Crippen LogP contribution in [0.15, 0.2) is 60.8 Å². The van der Waals surface area contributed by atoms with Gasteiger partial charge in [-0.05, 0) is 22.8 Å². The van der Waals surface area contributed by atoms with Crippen molar-refractivity contribution in [1.82, 2.24) is 10.3 Å². The van der Waals surface area contributed by atoms with Crippen molar-refractivity contribution >= 4 is 10.9 Å². The second kappa shape index (κ2) is 6.48. The molecule has 0 fully saturated rings. The lowest BCUT2D eigenvalue weighted by molar-refractivity contribution is 0.282. The first-order valence-electron chi connectivity index (χ1n) is 7.09. The van der Waals surface area contributed by atoms with E-state index < -0.39 is 0 Å². The fourth-order valence-electron chi connectivity index (χ4n) is 2.41. The average molecular weight is 278 g/mol. The van der Waals surface area contributed by atoms with Crippen LogP contribution in [-0.4, -0.2) is 10.1 Å². The van der Waals surface area contributed by atoms with Crippen molar-refractivity contribution < 1.29 is 5.11 Å². The van der Waals surface area contributed by atoms with Crippen LogP contribution in [0.3, 0.4) is 0 Å². The molecule has 0 unspecified atom stereocenters. The molecule has 1 heterocycles. The highest BCUT2D eigenvalue weighted by Crippen LogP contribution is 2.15. The Morgan fingerprint density at radius 3 is 2.43 bits per heavy atom. The van der Waals surface area contributed by atoms with E-state index in [4.69, 9.17) is 5.11 Å². The summed E-state index contributed by atoms with van der Waals surface area (Å²) >= 11 is 0. The fourth-order valence-corrected chi connectivity index (χ4v) is 2.41. The van der Waals surface area contributed by atoms with Crippen molar-refractivity contribution in [3.05, 3.63) is 77.5 Å². The maximum atomic E-state index is 9.03. The number of hydrogen-bond donors (Lipinski definition) is 2. The fraction of sp³-hybridized carbons (Fsp3) is 0.167. The Hall–Kier alpha value is -2.23. The summed E-state index contributed by atoms with van der Waals surface area (Å²) in [5.41, 5.74) is 4.42. The summed E-state index contributed by atoms with van der Waals surface area (Å²) in [5.74, 6) is 0. The Morgan fingerprint density at radius 2 is 1.62 bits per heavy atom. The van der Waals surface area contributed by atoms with Crippen molar-refractivity contribution in [2.24, 2.45) is 0 Å². The van der Waals surface area contributed by atoms with Crippen LogP contribution in [0.5, 0.6) is 0 Å². The molecule has 0 bridgehead atoms. The van der Waals surface area contributed by atoms with E-state index >= 15 is 0 Å². The Bertz CT molecular complexity index is 717. The maximum absolute atomic E-state index is 9.03. The third-order valence-corrected chi connectivity index (χ3v) is 3.57. The third-order valence-electron chi connectivity index (χ3n) is 3.57. The first kappa shape index (κ1) is 13.7. The number of para-hydroxylation sites is 1. The van der Waals surface area contributed by atoms with Crippen LogP contribution in [0.2, 0.25) is 0 Å². The molecule has 3 aromatic rings. The van der Waals surface area contributed by atoms with Crippen LogP contribution in [0.25, 0.3) is 10.9 Å². The zero-order valence-corrected chi connectivity index (χ0v) is 11.8. The third kappa shape index (κ3) is 3.27. The van der Waals surface area contributed by atoms with Gasteiger partial charge in [-0.1, -0.05) is 48.5 Å². The van der Waals surface area contributed by atoms with Crippen molar-refractivity contribution in [2.45, 2.75) is 19.7 Å². The van der Waals surface area contributed by atoms with E-state index in [0.717, 1.165) is 24.2 Å². The number of fused-ring (bicyclic) bond motifs is 1. The molecule has 3 heteroatoms. The number of aliphatic hydroxyl groups excluding tert-OH is 1. The largest absolute Gasteiger partial charge is 0.392 e. The van der Waals surface area contributed by atoms with Crippen LogP contribution in [0.4, 0.5) is 0 Å². The number of aliphatic hydroxyl groups is 1. The molecule has 0 aliphatic heterocycles. The topological polar surface area (TPSA) is 45.1 Å². The van der Waals surface area contributed by atoms with Gasteiger partial charge in [0.1, 0.15) is 0 Å². The Morgan fingerprint density at radius 1 is 0.857 bits per heavy atom. The number of aromatic nitrogens is 1. The molecule has 0 spiro atoms. The zero-order valence-electron chi connectivity index (χ0n) is 11.8. The van der Waals surface area contributed by atoms with Gasteiger partial charge >= 0.3 is 0 Å². The van der Waals surface area contributed by atoms with Crippen LogP contribution in [0, 0.1) is 0 Å². The monoisotopic (exact) mass is 278 g/mol. The molecule has 0 radical (unpaired) electrons. The molecule has 106 valence electrons. The molecular formula is C18H18N2O. The molecule has 1 aromatic heterocycles. The normalized spacial score (nSPS) is 10.9. The average Bonchev–Trinajstić information content (AvgIpc) is 2.56. The van der Waals surface area contributed by atoms with E-state index in [9.17, 15) is 0 Å². The first-order valence-corrected chi connectivity index (χ1v) is 7.09. The van der Waals surface area contributed by atoms with Gasteiger partial charge < -0.3 is 10.4 Å². The van der Waals surface area contributed by atoms with Gasteiger partial charge in [0.15, 0.2) is 0 Å². The molecular weight excluding hydrogens is 260 g/mol. The predicted molar refractivity (Wildman–Crippen MR) is 84.7 cm³/mol. The number of hydrogen-bond acceptors (Lipinski definition) is 3. The molecule has 0 amide bonds. The number of pyridine rings is 1. The lowest BCUT2D eigenvalue weighted by atomic mass is 10.1. The second-order valence-electron chi connectivity index (χ2n) is 5.07. The Labute approximate surface area is 124 Å². The molecule has 0 atom stereocenters. The SMILES string of the molecule is OCc1ccc(CNCc2cccc3cccnc23)cc1. The van der Waals surface area contributed by atoms with Crippen LogP contribution < -0.4 is 5.32 Å². The van der Waals surface area contributed by atoms with Gasteiger partial charge in [-0.15, -0.1) is 0 Å². The van der Waals surface area contributed by atoms with Crippen molar-refractivity contribution in [3.8, 4) is 0 Å². The number of nitrogens with one attached hydrogen (secondary N) is 1. The highest BCUT2D eigenvalue weighted by molar-refractivity contribution is 5.81. The molecule has 3 rings (SSSR count). The van der Waals surface area contributed by atoms with Crippen molar-refractivity contribution in [2.75, 3.05) is 0 Å². The van der Waals surface area contributed by atoms with Crippen LogP contribution >= 0.6 is 0 Å². The summed E-state index contributed by atoms with van der Waals surface area (Å²) in [4.78, 5) is 4.46. The summed E-state index contributed by atoms with van der Waals surface area (Å²) in [6, 6.07) is 18.3. The molecule has 3 nitrogen and oxygen atoms in total. The van der Waals surface area contributed by atoms with Gasteiger partial charge in [-0.25, -0.2) is 0 Å². The van der Waals surface area contributed by atoms with Crippen LogP contribution in [-0.2, 0) is 19.7 Å². The van der Waals surface area contributed by atoms with E-state index in [1.807, 2.05) is 36.5 Å². The summed E-state index contributed by atoms with van der Waals surface area (Å²) in [7, 11) is 0. The Balaban J connectivity index is 1.66.